The lowest BCUT2D eigenvalue weighted by molar-refractivity contribution is -0.135. The lowest BCUT2D eigenvalue weighted by Crippen LogP contribution is -2.56. The number of phenols is 1. The summed E-state index contributed by atoms with van der Waals surface area (Å²) in [7, 11) is 0. The first-order valence-corrected chi connectivity index (χ1v) is 17.4. The molecule has 48 heavy (non-hydrogen) atoms. The van der Waals surface area contributed by atoms with Crippen LogP contribution in [0.5, 0.6) is 11.8 Å². The first kappa shape index (κ1) is 29.6. The number of nitrogens with zero attached hydrogens (tertiary/aromatic N) is 6. The fourth-order valence-corrected chi connectivity index (χ4v) is 9.16. The molecule has 5 fully saturated rings. The number of piperazine rings is 1. The summed E-state index contributed by atoms with van der Waals surface area (Å²) in [5, 5.41) is 22.4. The highest BCUT2D eigenvalue weighted by Gasteiger charge is 2.50. The van der Waals surface area contributed by atoms with Crippen molar-refractivity contribution in [1.82, 2.24) is 19.8 Å². The number of aromatic hydroxyl groups is 1. The largest absolute Gasteiger partial charge is 0.508 e. The van der Waals surface area contributed by atoms with Crippen molar-refractivity contribution in [3.63, 3.8) is 0 Å². The Hall–Kier alpha value is -4.49. The molecule has 1 aliphatic carbocycles. The van der Waals surface area contributed by atoms with Gasteiger partial charge in [-0.1, -0.05) is 30.3 Å². The number of ether oxygens (including phenoxy) is 1. The first-order valence-electron chi connectivity index (χ1n) is 17.4. The Balaban J connectivity index is 1.10. The third kappa shape index (κ3) is 4.77. The number of nitriles is 1. The van der Waals surface area contributed by atoms with Crippen molar-refractivity contribution >= 4 is 33.4 Å². The second-order valence-electron chi connectivity index (χ2n) is 14.7. The van der Waals surface area contributed by atoms with E-state index in [1.165, 1.54) is 0 Å². The van der Waals surface area contributed by atoms with Crippen LogP contribution in [0.3, 0.4) is 0 Å². The molecule has 1 saturated carbocycles. The standard InChI is InChI=1S/C38H39FN6O3/c39-33-29(31-18-27(46)17-24-5-1-2-6-28(24)31)9-10-30-34(33)41-36(48-23-38-11-3-15-44(38)16-4-12-38)42-35(30)43-20-25-7-8-26(21-43)45(25)32(47)19-37(22-40)13-14-37/h1-2,5-6,9-10,17-18,25-26,46H,3-4,7-8,11-16,19-21,23H2/t25-,26+. The number of carbonyl (C=O) groups excluding carboxylic acids is 1. The molecule has 5 aliphatic rings. The summed E-state index contributed by atoms with van der Waals surface area (Å²) in [5.41, 5.74) is 0.626. The van der Waals surface area contributed by atoms with E-state index >= 15 is 4.39 Å². The Kier molecular flexibility index (Phi) is 6.81. The maximum absolute atomic E-state index is 16.9. The third-order valence-corrected chi connectivity index (χ3v) is 11.8. The number of carbonyl (C=O) groups is 1. The maximum Gasteiger partial charge on any atom is 0.319 e. The topological polar surface area (TPSA) is 106 Å². The number of hydrogen-bond acceptors (Lipinski definition) is 8. The number of aromatic nitrogens is 2. The fourth-order valence-electron chi connectivity index (χ4n) is 9.16. The van der Waals surface area contributed by atoms with Crippen molar-refractivity contribution < 1.29 is 19.0 Å². The molecule has 4 saturated heterocycles. The SMILES string of the molecule is N#CC1(CC(=O)N2[C@@H]3CC[C@H]2CN(c2nc(OCC45CCCN4CCC5)nc4c(F)c(-c5cc(O)cc6ccccc56)ccc24)C3)CC1. The molecule has 4 aromatic rings. The zero-order chi connectivity index (χ0) is 32.6. The quantitative estimate of drug-likeness (QED) is 0.254. The monoisotopic (exact) mass is 646 g/mol. The molecule has 246 valence electrons. The van der Waals surface area contributed by atoms with Gasteiger partial charge in [-0.3, -0.25) is 9.69 Å². The lowest BCUT2D eigenvalue weighted by atomic mass is 9.95. The van der Waals surface area contributed by atoms with Crippen LogP contribution in [0.25, 0.3) is 32.8 Å². The minimum atomic E-state index is -0.485. The molecule has 1 amide bonds. The predicted molar refractivity (Wildman–Crippen MR) is 180 cm³/mol. The number of benzene rings is 3. The molecule has 0 radical (unpaired) electrons. The number of hydrogen-bond donors (Lipinski definition) is 1. The highest BCUT2D eigenvalue weighted by molar-refractivity contribution is 6.01. The number of phenolic OH excluding ortho intramolecular Hbond substituents is 1. The van der Waals surface area contributed by atoms with Gasteiger partial charge in [0.15, 0.2) is 5.82 Å². The normalized spacial score (nSPS) is 23.8. The molecule has 1 N–H and O–H groups in total. The summed E-state index contributed by atoms with van der Waals surface area (Å²) >= 11 is 0. The van der Waals surface area contributed by atoms with Gasteiger partial charge in [0.1, 0.15) is 23.7 Å². The first-order chi connectivity index (χ1) is 23.4. The molecule has 5 heterocycles. The molecule has 10 heteroatoms. The van der Waals surface area contributed by atoms with Gasteiger partial charge in [0.2, 0.25) is 5.91 Å². The van der Waals surface area contributed by atoms with Gasteiger partial charge in [-0.15, -0.1) is 0 Å². The van der Waals surface area contributed by atoms with Crippen LogP contribution in [0.4, 0.5) is 10.2 Å². The summed E-state index contributed by atoms with van der Waals surface area (Å²) in [5.74, 6) is 0.274. The lowest BCUT2D eigenvalue weighted by Gasteiger charge is -2.42. The van der Waals surface area contributed by atoms with Gasteiger partial charge in [-0.25, -0.2) is 4.39 Å². The molecule has 2 atom stereocenters. The summed E-state index contributed by atoms with van der Waals surface area (Å²) in [6.45, 7) is 3.76. The molecule has 1 aromatic heterocycles. The summed E-state index contributed by atoms with van der Waals surface area (Å²) in [6, 6.07) is 17.1. The van der Waals surface area contributed by atoms with E-state index in [0.717, 1.165) is 75.2 Å². The van der Waals surface area contributed by atoms with Crippen LogP contribution in [0, 0.1) is 22.6 Å². The zero-order valence-electron chi connectivity index (χ0n) is 27.0. The molecular weight excluding hydrogens is 607 g/mol. The molecule has 0 unspecified atom stereocenters. The molecule has 0 spiro atoms. The van der Waals surface area contributed by atoms with Crippen molar-refractivity contribution in [1.29, 1.82) is 5.26 Å². The van der Waals surface area contributed by atoms with Gasteiger partial charge >= 0.3 is 6.01 Å². The molecule has 9 nitrogen and oxygen atoms in total. The van der Waals surface area contributed by atoms with E-state index < -0.39 is 11.2 Å². The van der Waals surface area contributed by atoms with Gasteiger partial charge in [0.05, 0.1) is 17.0 Å². The third-order valence-electron chi connectivity index (χ3n) is 11.8. The fraction of sp³-hybridized carbons (Fsp3) is 0.474. The minimum Gasteiger partial charge on any atom is -0.508 e. The second kappa shape index (κ2) is 11.0. The van der Waals surface area contributed by atoms with E-state index in [2.05, 4.69) is 15.9 Å². The van der Waals surface area contributed by atoms with Crippen LogP contribution in [0.1, 0.15) is 57.8 Å². The highest BCUT2D eigenvalue weighted by Crippen LogP contribution is 2.49. The molecule has 9 rings (SSSR count). The molecular formula is C38H39FN6O3. The Morgan fingerprint density at radius 2 is 1.73 bits per heavy atom. The molecule has 2 bridgehead atoms. The number of anilines is 1. The van der Waals surface area contributed by atoms with Crippen molar-refractivity contribution in [2.45, 2.75) is 75.4 Å². The van der Waals surface area contributed by atoms with Crippen LogP contribution >= 0.6 is 0 Å². The van der Waals surface area contributed by atoms with Crippen molar-refractivity contribution in [2.24, 2.45) is 5.41 Å². The average Bonchev–Trinajstić information content (AvgIpc) is 3.43. The smallest absolute Gasteiger partial charge is 0.319 e. The number of fused-ring (bicyclic) bond motifs is 5. The Morgan fingerprint density at radius 1 is 0.979 bits per heavy atom. The Morgan fingerprint density at radius 3 is 2.46 bits per heavy atom. The van der Waals surface area contributed by atoms with E-state index in [-0.39, 0.29) is 40.8 Å². The molecule has 4 aliphatic heterocycles. The predicted octanol–water partition coefficient (Wildman–Crippen LogP) is 6.18. The van der Waals surface area contributed by atoms with Crippen LogP contribution in [-0.2, 0) is 4.79 Å². The van der Waals surface area contributed by atoms with Crippen LogP contribution in [-0.4, -0.2) is 81.2 Å². The van der Waals surface area contributed by atoms with Gasteiger partial charge in [0, 0.05) is 42.5 Å². The molecule has 3 aromatic carbocycles. The van der Waals surface area contributed by atoms with Gasteiger partial charge < -0.3 is 19.6 Å². The van der Waals surface area contributed by atoms with Crippen molar-refractivity contribution in [3.8, 4) is 29.0 Å². The summed E-state index contributed by atoms with van der Waals surface area (Å²) in [6.07, 6.45) is 8.10. The maximum atomic E-state index is 16.9. The highest BCUT2D eigenvalue weighted by atomic mass is 19.1. The van der Waals surface area contributed by atoms with E-state index in [1.54, 1.807) is 18.2 Å². The van der Waals surface area contributed by atoms with E-state index in [1.807, 2.05) is 35.2 Å². The van der Waals surface area contributed by atoms with E-state index in [0.29, 0.717) is 48.4 Å². The summed E-state index contributed by atoms with van der Waals surface area (Å²) in [4.78, 5) is 29.9. The zero-order valence-corrected chi connectivity index (χ0v) is 27.0. The number of rotatable bonds is 7. The van der Waals surface area contributed by atoms with Crippen molar-refractivity contribution in [2.75, 3.05) is 37.7 Å². The van der Waals surface area contributed by atoms with Crippen LogP contribution in [0.15, 0.2) is 48.5 Å². The minimum absolute atomic E-state index is 0.00679. The Bertz CT molecular complexity index is 1980. The number of amides is 1. The average molecular weight is 647 g/mol. The van der Waals surface area contributed by atoms with Crippen LogP contribution in [0.2, 0.25) is 0 Å². The van der Waals surface area contributed by atoms with Gasteiger partial charge in [-0.05, 0) is 99.0 Å². The number of halogens is 1. The van der Waals surface area contributed by atoms with Crippen molar-refractivity contribution in [3.05, 3.63) is 54.3 Å². The second-order valence-corrected chi connectivity index (χ2v) is 14.7. The van der Waals surface area contributed by atoms with E-state index in [4.69, 9.17) is 14.7 Å². The van der Waals surface area contributed by atoms with Crippen LogP contribution < -0.4 is 9.64 Å². The van der Waals surface area contributed by atoms with Gasteiger partial charge in [0.25, 0.3) is 0 Å². The van der Waals surface area contributed by atoms with E-state index in [9.17, 15) is 15.2 Å². The Labute approximate surface area is 278 Å². The van der Waals surface area contributed by atoms with Gasteiger partial charge in [-0.2, -0.15) is 15.2 Å². The summed E-state index contributed by atoms with van der Waals surface area (Å²) < 4.78 is 23.3.